The molecule has 0 saturated carbocycles. The molecule has 1 atom stereocenters. The lowest BCUT2D eigenvalue weighted by atomic mass is 10.1. The highest BCUT2D eigenvalue weighted by atomic mass is 32.1. The smallest absolute Gasteiger partial charge is 0.236 e. The number of thiol groups is 1. The van der Waals surface area contributed by atoms with E-state index in [-0.39, 0.29) is 11.2 Å². The molecule has 0 bridgehead atoms. The third-order valence-electron chi connectivity index (χ3n) is 2.37. The number of ether oxygens (including phenoxy) is 1. The first-order valence-electron chi connectivity index (χ1n) is 5.10. The van der Waals surface area contributed by atoms with Crippen molar-refractivity contribution < 1.29 is 9.53 Å². The molecule has 1 N–H and O–H groups in total. The maximum atomic E-state index is 11.6. The molecule has 88 valence electrons. The lowest BCUT2D eigenvalue weighted by Crippen LogP contribution is -2.21. The van der Waals surface area contributed by atoms with Crippen LogP contribution in [0.1, 0.15) is 18.1 Å². The molecule has 0 radical (unpaired) electrons. The van der Waals surface area contributed by atoms with Crippen molar-refractivity contribution in [2.45, 2.75) is 26.0 Å². The molecule has 1 aromatic rings. The van der Waals surface area contributed by atoms with E-state index in [1.54, 1.807) is 14.0 Å². The van der Waals surface area contributed by atoms with Crippen LogP contribution in [0.25, 0.3) is 0 Å². The number of carbonyl (C=O) groups excluding carboxylic acids is 1. The molecular weight excluding hydrogens is 222 g/mol. The Kier molecular flexibility index (Phi) is 4.24. The van der Waals surface area contributed by atoms with Gasteiger partial charge in [0.05, 0.1) is 12.4 Å². The molecular formula is C12H17NO2S. The second-order valence-electron chi connectivity index (χ2n) is 3.80. The molecule has 3 nitrogen and oxygen atoms in total. The van der Waals surface area contributed by atoms with E-state index in [1.165, 1.54) is 0 Å². The van der Waals surface area contributed by atoms with Crippen molar-refractivity contribution in [3.05, 3.63) is 23.3 Å². The van der Waals surface area contributed by atoms with Gasteiger partial charge in [0.25, 0.3) is 0 Å². The van der Waals surface area contributed by atoms with E-state index in [4.69, 9.17) is 4.74 Å². The van der Waals surface area contributed by atoms with E-state index >= 15 is 0 Å². The van der Waals surface area contributed by atoms with Crippen molar-refractivity contribution in [2.75, 3.05) is 12.4 Å². The van der Waals surface area contributed by atoms with Crippen molar-refractivity contribution in [1.82, 2.24) is 0 Å². The fourth-order valence-electron chi connectivity index (χ4n) is 1.47. The number of carbonyl (C=O) groups is 1. The van der Waals surface area contributed by atoms with Crippen LogP contribution in [0, 0.1) is 13.8 Å². The summed E-state index contributed by atoms with van der Waals surface area (Å²) in [5.41, 5.74) is 2.81. The Morgan fingerprint density at radius 1 is 1.38 bits per heavy atom. The number of amides is 1. The minimum Gasteiger partial charge on any atom is -0.497 e. The highest BCUT2D eigenvalue weighted by Gasteiger charge is 2.12. The van der Waals surface area contributed by atoms with Crippen LogP contribution in [0.3, 0.4) is 0 Å². The Labute approximate surface area is 102 Å². The Balaban J connectivity index is 3.01. The third kappa shape index (κ3) is 2.92. The van der Waals surface area contributed by atoms with Crippen LogP contribution in [0.2, 0.25) is 0 Å². The van der Waals surface area contributed by atoms with Gasteiger partial charge in [0.2, 0.25) is 5.91 Å². The minimum atomic E-state index is -0.319. The monoisotopic (exact) mass is 239 g/mol. The van der Waals surface area contributed by atoms with Gasteiger partial charge < -0.3 is 10.1 Å². The number of nitrogens with one attached hydrogen (secondary N) is 1. The van der Waals surface area contributed by atoms with E-state index in [2.05, 4.69) is 17.9 Å². The lowest BCUT2D eigenvalue weighted by Gasteiger charge is -2.14. The molecule has 0 aromatic heterocycles. The molecule has 1 rings (SSSR count). The van der Waals surface area contributed by atoms with E-state index in [0.717, 1.165) is 22.6 Å². The summed E-state index contributed by atoms with van der Waals surface area (Å²) in [5, 5.41) is 2.54. The number of methoxy groups -OCH3 is 1. The molecule has 0 aliphatic rings. The number of rotatable bonds is 3. The molecule has 1 unspecified atom stereocenters. The Hall–Kier alpha value is -1.16. The van der Waals surface area contributed by atoms with Gasteiger partial charge in [0.1, 0.15) is 5.75 Å². The lowest BCUT2D eigenvalue weighted by molar-refractivity contribution is -0.115. The van der Waals surface area contributed by atoms with Crippen LogP contribution in [-0.4, -0.2) is 18.3 Å². The quantitative estimate of drug-likeness (QED) is 0.796. The van der Waals surface area contributed by atoms with Gasteiger partial charge in [0.15, 0.2) is 0 Å². The molecule has 0 aliphatic heterocycles. The molecule has 0 heterocycles. The summed E-state index contributed by atoms with van der Waals surface area (Å²) in [5.74, 6) is 0.701. The second kappa shape index (κ2) is 5.25. The topological polar surface area (TPSA) is 38.3 Å². The van der Waals surface area contributed by atoms with E-state index in [9.17, 15) is 4.79 Å². The summed E-state index contributed by atoms with van der Waals surface area (Å²) in [6.45, 7) is 5.62. The van der Waals surface area contributed by atoms with E-state index in [1.807, 2.05) is 26.0 Å². The number of anilines is 1. The van der Waals surface area contributed by atoms with E-state index < -0.39 is 0 Å². The predicted molar refractivity (Wildman–Crippen MR) is 69.5 cm³/mol. The molecule has 0 aliphatic carbocycles. The van der Waals surface area contributed by atoms with Crippen molar-refractivity contribution in [2.24, 2.45) is 0 Å². The van der Waals surface area contributed by atoms with Crippen molar-refractivity contribution in [1.29, 1.82) is 0 Å². The van der Waals surface area contributed by atoms with E-state index in [0.29, 0.717) is 0 Å². The molecule has 0 spiro atoms. The Bertz CT molecular complexity index is 379. The van der Waals surface area contributed by atoms with Crippen molar-refractivity contribution >= 4 is 24.2 Å². The molecule has 1 aromatic carbocycles. The highest BCUT2D eigenvalue weighted by Crippen LogP contribution is 2.26. The van der Waals surface area contributed by atoms with Gasteiger partial charge in [-0.15, -0.1) is 0 Å². The standard InChI is InChI=1S/C12H17NO2S/c1-7-5-10(15-4)6-8(2)11(7)13-12(14)9(3)16/h5-6,9,16H,1-4H3,(H,13,14). The second-order valence-corrected chi connectivity index (χ2v) is 4.58. The normalized spacial score (nSPS) is 12.1. The fraction of sp³-hybridized carbons (Fsp3) is 0.417. The predicted octanol–water partition coefficient (Wildman–Crippen LogP) is 2.57. The number of aryl methyl sites for hydroxylation is 2. The summed E-state index contributed by atoms with van der Waals surface area (Å²) in [6, 6.07) is 3.79. The Morgan fingerprint density at radius 3 is 2.25 bits per heavy atom. The largest absolute Gasteiger partial charge is 0.497 e. The molecule has 0 saturated heterocycles. The van der Waals surface area contributed by atoms with Crippen molar-refractivity contribution in [3.8, 4) is 5.75 Å². The summed E-state index contributed by atoms with van der Waals surface area (Å²) in [6.07, 6.45) is 0. The zero-order valence-corrected chi connectivity index (χ0v) is 10.9. The van der Waals surface area contributed by atoms with Gasteiger partial charge in [-0.05, 0) is 44.0 Å². The minimum absolute atomic E-state index is 0.0975. The maximum Gasteiger partial charge on any atom is 0.236 e. The van der Waals surface area contributed by atoms with Gasteiger partial charge in [-0.3, -0.25) is 4.79 Å². The van der Waals surface area contributed by atoms with Crippen LogP contribution in [-0.2, 0) is 4.79 Å². The summed E-state index contributed by atoms with van der Waals surface area (Å²) >= 11 is 4.09. The number of hydrogen-bond acceptors (Lipinski definition) is 3. The van der Waals surface area contributed by atoms with Crippen LogP contribution in [0.4, 0.5) is 5.69 Å². The molecule has 16 heavy (non-hydrogen) atoms. The van der Waals surface area contributed by atoms with Crippen LogP contribution >= 0.6 is 12.6 Å². The summed E-state index contributed by atoms with van der Waals surface area (Å²) in [4.78, 5) is 11.6. The summed E-state index contributed by atoms with van der Waals surface area (Å²) < 4.78 is 5.16. The highest BCUT2D eigenvalue weighted by molar-refractivity contribution is 7.81. The van der Waals surface area contributed by atoms with Crippen LogP contribution in [0.5, 0.6) is 5.75 Å². The molecule has 4 heteroatoms. The first kappa shape index (κ1) is 12.9. The summed E-state index contributed by atoms with van der Waals surface area (Å²) in [7, 11) is 1.63. The van der Waals surface area contributed by atoms with Gasteiger partial charge in [-0.25, -0.2) is 0 Å². The third-order valence-corrected chi connectivity index (χ3v) is 2.60. The average molecular weight is 239 g/mol. The van der Waals surface area contributed by atoms with Gasteiger partial charge in [0, 0.05) is 5.69 Å². The van der Waals surface area contributed by atoms with Crippen LogP contribution < -0.4 is 10.1 Å². The fourth-order valence-corrected chi connectivity index (χ4v) is 1.53. The number of benzene rings is 1. The maximum absolute atomic E-state index is 11.6. The van der Waals surface area contributed by atoms with Crippen LogP contribution in [0.15, 0.2) is 12.1 Å². The number of hydrogen-bond donors (Lipinski definition) is 2. The van der Waals surface area contributed by atoms with Crippen molar-refractivity contribution in [3.63, 3.8) is 0 Å². The molecule has 0 fully saturated rings. The zero-order valence-electron chi connectivity index (χ0n) is 10.00. The zero-order chi connectivity index (χ0) is 12.3. The van der Waals surface area contributed by atoms with Gasteiger partial charge in [-0.1, -0.05) is 0 Å². The molecule has 1 amide bonds. The first-order valence-corrected chi connectivity index (χ1v) is 5.61. The van der Waals surface area contributed by atoms with Gasteiger partial charge in [-0.2, -0.15) is 12.6 Å². The van der Waals surface area contributed by atoms with Gasteiger partial charge >= 0.3 is 0 Å². The SMILES string of the molecule is COc1cc(C)c(NC(=O)C(C)S)c(C)c1. The Morgan fingerprint density at radius 2 is 1.88 bits per heavy atom. The first-order chi connectivity index (χ1) is 7.45. The average Bonchev–Trinajstić information content (AvgIpc) is 2.22.